The number of nitrogens with zero attached hydrogens (tertiary/aromatic N) is 5. The summed E-state index contributed by atoms with van der Waals surface area (Å²) in [6.45, 7) is 2.38. The van der Waals surface area contributed by atoms with E-state index in [1.165, 1.54) is 0 Å². The fraction of sp³-hybridized carbons (Fsp3) is 0.318. The van der Waals surface area contributed by atoms with Crippen molar-refractivity contribution in [2.24, 2.45) is 0 Å². The number of hydrogen-bond donors (Lipinski definition) is 0. The number of amides is 1. The fourth-order valence-electron chi connectivity index (χ4n) is 3.59. The van der Waals surface area contributed by atoms with Crippen LogP contribution >= 0.6 is 0 Å². The van der Waals surface area contributed by atoms with Gasteiger partial charge in [-0.1, -0.05) is 18.2 Å². The molecule has 1 aliphatic heterocycles. The second kappa shape index (κ2) is 7.94. The van der Waals surface area contributed by atoms with Crippen molar-refractivity contribution < 1.29 is 4.79 Å². The van der Waals surface area contributed by atoms with Crippen LogP contribution in [0.5, 0.6) is 0 Å². The van der Waals surface area contributed by atoms with E-state index >= 15 is 0 Å². The molecule has 0 N–H and O–H groups in total. The molecule has 1 aromatic carbocycles. The van der Waals surface area contributed by atoms with Crippen LogP contribution in [0, 0.1) is 0 Å². The Balaban J connectivity index is 1.42. The van der Waals surface area contributed by atoms with Gasteiger partial charge in [0.15, 0.2) is 0 Å². The number of likely N-dealkylation sites (tertiary alicyclic amines) is 1. The Bertz CT molecular complexity index is 917. The third-order valence-electron chi connectivity index (χ3n) is 5.36. The summed E-state index contributed by atoms with van der Waals surface area (Å²) in [5.74, 6) is 0.111. The van der Waals surface area contributed by atoms with Gasteiger partial charge < -0.3 is 14.4 Å². The minimum absolute atomic E-state index is 0.111. The molecule has 3 heterocycles. The standard InChI is InChI=1S/C22H25N5O/c1-25(2)20-9-11-27(15-20)22(28)19-6-4-18(5-7-19)21-8-3-17(13-24-21)14-26-12-10-23-16-26/h3-8,10,12-13,16,20H,9,11,14-15H2,1-2H3/t20-/m0/s1. The second-order valence-electron chi connectivity index (χ2n) is 7.52. The molecule has 4 rings (SSSR count). The summed E-state index contributed by atoms with van der Waals surface area (Å²) < 4.78 is 2.01. The van der Waals surface area contributed by atoms with Crippen LogP contribution in [0.3, 0.4) is 0 Å². The molecule has 0 radical (unpaired) electrons. The van der Waals surface area contributed by atoms with Crippen molar-refractivity contribution >= 4 is 5.91 Å². The SMILES string of the molecule is CN(C)[C@H]1CCN(C(=O)c2ccc(-c3ccc(Cn4ccnc4)cn3)cc2)C1. The van der Waals surface area contributed by atoms with Gasteiger partial charge in [0, 0.05) is 55.4 Å². The smallest absolute Gasteiger partial charge is 0.253 e. The third-order valence-corrected chi connectivity index (χ3v) is 5.36. The lowest BCUT2D eigenvalue weighted by molar-refractivity contribution is 0.0783. The maximum absolute atomic E-state index is 12.7. The Hall–Kier alpha value is -2.99. The van der Waals surface area contributed by atoms with Crippen molar-refractivity contribution in [3.63, 3.8) is 0 Å². The number of hydrogen-bond acceptors (Lipinski definition) is 4. The van der Waals surface area contributed by atoms with E-state index in [0.717, 1.165) is 48.4 Å². The Labute approximate surface area is 165 Å². The highest BCUT2D eigenvalue weighted by molar-refractivity contribution is 5.94. The van der Waals surface area contributed by atoms with Gasteiger partial charge in [0.1, 0.15) is 0 Å². The Kier molecular flexibility index (Phi) is 5.21. The van der Waals surface area contributed by atoms with Crippen LogP contribution in [0.15, 0.2) is 61.3 Å². The van der Waals surface area contributed by atoms with Crippen molar-refractivity contribution in [2.75, 3.05) is 27.2 Å². The molecule has 1 atom stereocenters. The van der Waals surface area contributed by atoms with Crippen LogP contribution in [0.2, 0.25) is 0 Å². The van der Waals surface area contributed by atoms with Crippen molar-refractivity contribution in [3.05, 3.63) is 72.4 Å². The lowest BCUT2D eigenvalue weighted by atomic mass is 10.1. The summed E-state index contributed by atoms with van der Waals surface area (Å²) >= 11 is 0. The number of aromatic nitrogens is 3. The molecule has 6 nitrogen and oxygen atoms in total. The number of benzene rings is 1. The van der Waals surface area contributed by atoms with Gasteiger partial charge in [0.25, 0.3) is 5.91 Å². The molecular formula is C22H25N5O. The van der Waals surface area contributed by atoms with Gasteiger partial charge in [0.05, 0.1) is 12.0 Å². The molecule has 1 fully saturated rings. The maximum atomic E-state index is 12.7. The highest BCUT2D eigenvalue weighted by atomic mass is 16.2. The van der Waals surface area contributed by atoms with Crippen molar-refractivity contribution in [1.82, 2.24) is 24.3 Å². The van der Waals surface area contributed by atoms with Gasteiger partial charge in [-0.2, -0.15) is 0 Å². The summed E-state index contributed by atoms with van der Waals surface area (Å²) in [7, 11) is 4.14. The molecule has 3 aromatic rings. The summed E-state index contributed by atoms with van der Waals surface area (Å²) in [5.41, 5.74) is 3.78. The minimum atomic E-state index is 0.111. The number of carbonyl (C=O) groups is 1. The van der Waals surface area contributed by atoms with Crippen molar-refractivity contribution in [1.29, 1.82) is 0 Å². The highest BCUT2D eigenvalue weighted by Crippen LogP contribution is 2.21. The molecular weight excluding hydrogens is 350 g/mol. The zero-order chi connectivity index (χ0) is 19.5. The van der Waals surface area contributed by atoms with Crippen molar-refractivity contribution in [2.45, 2.75) is 19.0 Å². The maximum Gasteiger partial charge on any atom is 0.253 e. The second-order valence-corrected chi connectivity index (χ2v) is 7.52. The van der Waals surface area contributed by atoms with Gasteiger partial charge in [-0.15, -0.1) is 0 Å². The molecule has 0 unspecified atom stereocenters. The Morgan fingerprint density at radius 1 is 1.18 bits per heavy atom. The first-order valence-electron chi connectivity index (χ1n) is 9.57. The molecule has 0 saturated carbocycles. The van der Waals surface area contributed by atoms with Crippen LogP contribution in [0.1, 0.15) is 22.3 Å². The van der Waals surface area contributed by atoms with Crippen LogP contribution in [-0.4, -0.2) is 63.5 Å². The summed E-state index contributed by atoms with van der Waals surface area (Å²) in [6, 6.07) is 12.3. The lowest BCUT2D eigenvalue weighted by Gasteiger charge is -2.20. The highest BCUT2D eigenvalue weighted by Gasteiger charge is 2.27. The Morgan fingerprint density at radius 2 is 2.00 bits per heavy atom. The van der Waals surface area contributed by atoms with E-state index in [2.05, 4.69) is 35.0 Å². The van der Waals surface area contributed by atoms with Gasteiger partial charge in [0.2, 0.25) is 0 Å². The largest absolute Gasteiger partial charge is 0.337 e. The predicted molar refractivity (Wildman–Crippen MR) is 109 cm³/mol. The first kappa shape index (κ1) is 18.4. The van der Waals surface area contributed by atoms with Crippen LogP contribution in [-0.2, 0) is 6.54 Å². The topological polar surface area (TPSA) is 54.3 Å². The summed E-state index contributed by atoms with van der Waals surface area (Å²) in [5, 5.41) is 0. The first-order chi connectivity index (χ1) is 13.6. The summed E-state index contributed by atoms with van der Waals surface area (Å²) in [4.78, 5) is 25.5. The average molecular weight is 375 g/mol. The third kappa shape index (κ3) is 3.97. The van der Waals surface area contributed by atoms with E-state index < -0.39 is 0 Å². The van der Waals surface area contributed by atoms with Gasteiger partial charge in [-0.3, -0.25) is 9.78 Å². The minimum Gasteiger partial charge on any atom is -0.337 e. The molecule has 2 aromatic heterocycles. The van der Waals surface area contributed by atoms with E-state index in [4.69, 9.17) is 0 Å². The van der Waals surface area contributed by atoms with Crippen LogP contribution < -0.4 is 0 Å². The van der Waals surface area contributed by atoms with E-state index in [0.29, 0.717) is 6.04 Å². The van der Waals surface area contributed by atoms with E-state index in [9.17, 15) is 4.79 Å². The zero-order valence-electron chi connectivity index (χ0n) is 16.3. The molecule has 0 aliphatic carbocycles. The van der Waals surface area contributed by atoms with E-state index in [-0.39, 0.29) is 5.91 Å². The van der Waals surface area contributed by atoms with Crippen molar-refractivity contribution in [3.8, 4) is 11.3 Å². The predicted octanol–water partition coefficient (Wildman–Crippen LogP) is 2.77. The number of rotatable bonds is 5. The number of likely N-dealkylation sites (N-methyl/N-ethyl adjacent to an activating group) is 1. The van der Waals surface area contributed by atoms with E-state index in [1.54, 1.807) is 12.5 Å². The zero-order valence-corrected chi connectivity index (χ0v) is 16.3. The number of pyridine rings is 1. The Morgan fingerprint density at radius 3 is 2.61 bits per heavy atom. The number of imidazole rings is 1. The molecule has 6 heteroatoms. The molecule has 0 spiro atoms. The fourth-order valence-corrected chi connectivity index (χ4v) is 3.59. The normalized spacial score (nSPS) is 16.7. The molecule has 1 amide bonds. The first-order valence-corrected chi connectivity index (χ1v) is 9.57. The quantitative estimate of drug-likeness (QED) is 0.688. The van der Waals surface area contributed by atoms with Gasteiger partial charge in [-0.25, -0.2) is 4.98 Å². The molecule has 28 heavy (non-hydrogen) atoms. The monoisotopic (exact) mass is 375 g/mol. The van der Waals surface area contributed by atoms with Crippen LogP contribution in [0.25, 0.3) is 11.3 Å². The van der Waals surface area contributed by atoms with Gasteiger partial charge >= 0.3 is 0 Å². The molecule has 144 valence electrons. The molecule has 0 bridgehead atoms. The van der Waals surface area contributed by atoms with Crippen LogP contribution in [0.4, 0.5) is 0 Å². The number of carbonyl (C=O) groups excluding carboxylic acids is 1. The lowest BCUT2D eigenvalue weighted by Crippen LogP contribution is -2.34. The average Bonchev–Trinajstić information content (AvgIpc) is 3.40. The summed E-state index contributed by atoms with van der Waals surface area (Å²) in [6.07, 6.45) is 8.43. The molecule has 1 aliphatic rings. The van der Waals surface area contributed by atoms with Gasteiger partial charge in [-0.05, 0) is 44.3 Å². The van der Waals surface area contributed by atoms with E-state index in [1.807, 2.05) is 52.2 Å². The molecule has 1 saturated heterocycles.